The van der Waals surface area contributed by atoms with Crippen molar-refractivity contribution in [3.63, 3.8) is 0 Å². The Labute approximate surface area is 112 Å². The van der Waals surface area contributed by atoms with E-state index < -0.39 is 9.84 Å². The standard InChI is InChI=1S/C13H16ClNO2S/c1-9(2)18(16,17)8-11-7-10-5-4-6-12(14)13(10)15(11)3/h4-7,9H,8H2,1-3H3. The van der Waals surface area contributed by atoms with Gasteiger partial charge in [0, 0.05) is 18.1 Å². The number of para-hydroxylation sites is 1. The van der Waals surface area contributed by atoms with Crippen molar-refractivity contribution < 1.29 is 8.42 Å². The first-order valence-corrected chi connectivity index (χ1v) is 7.86. The van der Waals surface area contributed by atoms with Crippen molar-refractivity contribution in [3.05, 3.63) is 35.0 Å². The molecule has 2 rings (SSSR count). The lowest BCUT2D eigenvalue weighted by atomic mass is 10.2. The molecule has 0 spiro atoms. The second-order valence-electron chi connectivity index (χ2n) is 4.73. The highest BCUT2D eigenvalue weighted by Gasteiger charge is 2.19. The Kier molecular flexibility index (Phi) is 3.43. The van der Waals surface area contributed by atoms with Crippen molar-refractivity contribution in [3.8, 4) is 0 Å². The molecule has 0 N–H and O–H groups in total. The van der Waals surface area contributed by atoms with Gasteiger partial charge in [-0.2, -0.15) is 0 Å². The molecule has 1 heterocycles. The Morgan fingerprint density at radius 3 is 2.56 bits per heavy atom. The lowest BCUT2D eigenvalue weighted by Crippen LogP contribution is -2.17. The first-order valence-electron chi connectivity index (χ1n) is 5.77. The summed E-state index contributed by atoms with van der Waals surface area (Å²) >= 11 is 6.14. The minimum Gasteiger partial charge on any atom is -0.345 e. The average Bonchev–Trinajstić information content (AvgIpc) is 2.56. The number of hydrogen-bond acceptors (Lipinski definition) is 2. The van der Waals surface area contributed by atoms with Gasteiger partial charge in [0.1, 0.15) is 0 Å². The zero-order chi connectivity index (χ0) is 13.5. The van der Waals surface area contributed by atoms with Gasteiger partial charge in [0.15, 0.2) is 9.84 Å². The molecule has 0 bridgehead atoms. The highest BCUT2D eigenvalue weighted by molar-refractivity contribution is 7.91. The van der Waals surface area contributed by atoms with Crippen LogP contribution in [-0.2, 0) is 22.6 Å². The number of aromatic nitrogens is 1. The van der Waals surface area contributed by atoms with E-state index in [4.69, 9.17) is 11.6 Å². The molecule has 0 aliphatic heterocycles. The summed E-state index contributed by atoms with van der Waals surface area (Å²) in [6, 6.07) is 7.50. The monoisotopic (exact) mass is 285 g/mol. The van der Waals surface area contributed by atoms with E-state index >= 15 is 0 Å². The van der Waals surface area contributed by atoms with Gasteiger partial charge in [0.2, 0.25) is 0 Å². The van der Waals surface area contributed by atoms with Crippen molar-refractivity contribution in [1.29, 1.82) is 0 Å². The summed E-state index contributed by atoms with van der Waals surface area (Å²) in [5.74, 6) is 0.0478. The summed E-state index contributed by atoms with van der Waals surface area (Å²) < 4.78 is 25.8. The Morgan fingerprint density at radius 2 is 2.00 bits per heavy atom. The summed E-state index contributed by atoms with van der Waals surface area (Å²) in [5.41, 5.74) is 1.65. The second kappa shape index (κ2) is 4.59. The summed E-state index contributed by atoms with van der Waals surface area (Å²) in [5, 5.41) is 1.24. The Morgan fingerprint density at radius 1 is 1.33 bits per heavy atom. The van der Waals surface area contributed by atoms with Crippen LogP contribution >= 0.6 is 11.6 Å². The summed E-state index contributed by atoms with van der Waals surface area (Å²) in [4.78, 5) is 0. The maximum absolute atomic E-state index is 12.0. The largest absolute Gasteiger partial charge is 0.345 e. The minimum atomic E-state index is -3.10. The fourth-order valence-electron chi connectivity index (χ4n) is 1.93. The number of sulfone groups is 1. The van der Waals surface area contributed by atoms with Gasteiger partial charge in [-0.15, -0.1) is 0 Å². The maximum Gasteiger partial charge on any atom is 0.158 e. The van der Waals surface area contributed by atoms with Crippen LogP contribution in [0.2, 0.25) is 5.02 Å². The van der Waals surface area contributed by atoms with E-state index in [2.05, 4.69) is 0 Å². The SMILES string of the molecule is CC(C)S(=O)(=O)Cc1cc2cccc(Cl)c2n1C. The van der Waals surface area contributed by atoms with Crippen molar-refractivity contribution in [2.45, 2.75) is 24.9 Å². The minimum absolute atomic E-state index is 0.0478. The molecule has 1 aromatic carbocycles. The van der Waals surface area contributed by atoms with Crippen molar-refractivity contribution in [1.82, 2.24) is 4.57 Å². The second-order valence-corrected chi connectivity index (χ2v) is 7.69. The molecule has 5 heteroatoms. The topological polar surface area (TPSA) is 39.1 Å². The normalized spacial score (nSPS) is 12.5. The van der Waals surface area contributed by atoms with Crippen LogP contribution in [0.25, 0.3) is 10.9 Å². The quantitative estimate of drug-likeness (QED) is 0.869. The van der Waals surface area contributed by atoms with Crippen LogP contribution in [0, 0.1) is 0 Å². The third-order valence-corrected chi connectivity index (χ3v) is 5.61. The van der Waals surface area contributed by atoms with Crippen molar-refractivity contribution in [2.24, 2.45) is 7.05 Å². The van der Waals surface area contributed by atoms with Crippen LogP contribution in [0.4, 0.5) is 0 Å². The molecule has 2 aromatic rings. The lowest BCUT2D eigenvalue weighted by molar-refractivity contribution is 0.585. The van der Waals surface area contributed by atoms with Crippen LogP contribution in [0.1, 0.15) is 19.5 Å². The molecule has 0 saturated heterocycles. The number of fused-ring (bicyclic) bond motifs is 1. The van der Waals surface area contributed by atoms with Crippen molar-refractivity contribution >= 4 is 32.3 Å². The average molecular weight is 286 g/mol. The highest BCUT2D eigenvalue weighted by atomic mass is 35.5. The van der Waals surface area contributed by atoms with E-state index in [1.807, 2.05) is 35.9 Å². The number of aryl methyl sites for hydroxylation is 1. The first-order chi connectivity index (χ1) is 8.33. The van der Waals surface area contributed by atoms with Gasteiger partial charge in [-0.1, -0.05) is 23.7 Å². The number of benzene rings is 1. The lowest BCUT2D eigenvalue weighted by Gasteiger charge is -2.09. The molecule has 18 heavy (non-hydrogen) atoms. The molecular formula is C13H16ClNO2S. The van der Waals surface area contributed by atoms with Gasteiger partial charge in [0.25, 0.3) is 0 Å². The maximum atomic E-state index is 12.0. The molecule has 0 saturated carbocycles. The fraction of sp³-hybridized carbons (Fsp3) is 0.385. The Bertz CT molecular complexity index is 686. The van der Waals surface area contributed by atoms with Gasteiger partial charge in [-0.05, 0) is 26.0 Å². The van der Waals surface area contributed by atoms with E-state index in [-0.39, 0.29) is 11.0 Å². The number of hydrogen-bond donors (Lipinski definition) is 0. The van der Waals surface area contributed by atoms with Crippen LogP contribution in [0.3, 0.4) is 0 Å². The van der Waals surface area contributed by atoms with Gasteiger partial charge < -0.3 is 4.57 Å². The van der Waals surface area contributed by atoms with Crippen LogP contribution in [0.5, 0.6) is 0 Å². The Balaban J connectivity index is 2.54. The molecule has 0 radical (unpaired) electrons. The highest BCUT2D eigenvalue weighted by Crippen LogP contribution is 2.27. The summed E-state index contributed by atoms with van der Waals surface area (Å²) in [7, 11) is -1.25. The molecule has 0 amide bonds. The zero-order valence-corrected chi connectivity index (χ0v) is 12.2. The Hall–Kier alpha value is -1.00. The predicted molar refractivity (Wildman–Crippen MR) is 75.7 cm³/mol. The van der Waals surface area contributed by atoms with E-state index in [1.54, 1.807) is 13.8 Å². The number of rotatable bonds is 3. The molecule has 0 unspecified atom stereocenters. The molecule has 0 aliphatic rings. The molecule has 0 aliphatic carbocycles. The van der Waals surface area contributed by atoms with Crippen LogP contribution in [-0.4, -0.2) is 18.2 Å². The number of halogens is 1. The van der Waals surface area contributed by atoms with Gasteiger partial charge in [0.05, 0.1) is 21.5 Å². The van der Waals surface area contributed by atoms with Gasteiger partial charge >= 0.3 is 0 Å². The van der Waals surface area contributed by atoms with E-state index in [0.717, 1.165) is 16.6 Å². The summed E-state index contributed by atoms with van der Waals surface area (Å²) in [6.45, 7) is 3.40. The van der Waals surface area contributed by atoms with Gasteiger partial charge in [-0.25, -0.2) is 8.42 Å². The van der Waals surface area contributed by atoms with E-state index in [9.17, 15) is 8.42 Å². The third-order valence-electron chi connectivity index (χ3n) is 3.17. The fourth-order valence-corrected chi connectivity index (χ4v) is 3.26. The molecule has 98 valence electrons. The molecular weight excluding hydrogens is 270 g/mol. The number of nitrogens with zero attached hydrogens (tertiary/aromatic N) is 1. The molecule has 1 aromatic heterocycles. The van der Waals surface area contributed by atoms with Crippen LogP contribution in [0.15, 0.2) is 24.3 Å². The van der Waals surface area contributed by atoms with E-state index in [0.29, 0.717) is 5.02 Å². The molecule has 0 atom stereocenters. The predicted octanol–water partition coefficient (Wildman–Crippen LogP) is 3.15. The molecule has 3 nitrogen and oxygen atoms in total. The van der Waals surface area contributed by atoms with E-state index in [1.165, 1.54) is 0 Å². The third kappa shape index (κ3) is 2.27. The molecule has 0 fully saturated rings. The van der Waals surface area contributed by atoms with Crippen LogP contribution < -0.4 is 0 Å². The van der Waals surface area contributed by atoms with Crippen molar-refractivity contribution in [2.75, 3.05) is 0 Å². The van der Waals surface area contributed by atoms with Gasteiger partial charge in [-0.3, -0.25) is 0 Å². The first kappa shape index (κ1) is 13.4. The smallest absolute Gasteiger partial charge is 0.158 e. The zero-order valence-electron chi connectivity index (χ0n) is 10.6. The summed E-state index contributed by atoms with van der Waals surface area (Å²) in [6.07, 6.45) is 0.